The van der Waals surface area contributed by atoms with Crippen molar-refractivity contribution in [1.29, 1.82) is 0 Å². The van der Waals surface area contributed by atoms with Crippen LogP contribution in [-0.2, 0) is 6.42 Å². The predicted molar refractivity (Wildman–Crippen MR) is 93.9 cm³/mol. The van der Waals surface area contributed by atoms with Gasteiger partial charge >= 0.3 is 6.03 Å². The third kappa shape index (κ3) is 5.02. The van der Waals surface area contributed by atoms with Gasteiger partial charge in [-0.25, -0.2) is 4.79 Å². The molecule has 4 heteroatoms. The van der Waals surface area contributed by atoms with Crippen LogP contribution in [0.25, 0.3) is 0 Å². The van der Waals surface area contributed by atoms with Gasteiger partial charge < -0.3 is 10.1 Å². The van der Waals surface area contributed by atoms with Crippen molar-refractivity contribution in [2.45, 2.75) is 26.7 Å². The molecule has 0 aromatic heterocycles. The van der Waals surface area contributed by atoms with Crippen LogP contribution < -0.4 is 15.0 Å². The molecule has 0 fully saturated rings. The monoisotopic (exact) mass is 312 g/mol. The van der Waals surface area contributed by atoms with E-state index in [1.807, 2.05) is 49.4 Å². The number of urea groups is 1. The molecule has 2 aromatic carbocycles. The summed E-state index contributed by atoms with van der Waals surface area (Å²) < 4.78 is 5.58. The molecular weight excluding hydrogens is 288 g/mol. The molecule has 2 aromatic rings. The lowest BCUT2D eigenvalue weighted by Crippen LogP contribution is -2.41. The van der Waals surface area contributed by atoms with Gasteiger partial charge in [0.2, 0.25) is 0 Å². The number of carbonyl (C=O) groups excluding carboxylic acids is 1. The summed E-state index contributed by atoms with van der Waals surface area (Å²) in [6, 6.07) is 17.4. The average Bonchev–Trinajstić information content (AvgIpc) is 2.58. The maximum atomic E-state index is 12.2. The number of benzene rings is 2. The lowest BCUT2D eigenvalue weighted by Gasteiger charge is -2.21. The van der Waals surface area contributed by atoms with Gasteiger partial charge in [-0.2, -0.15) is 0 Å². The molecule has 0 atom stereocenters. The van der Waals surface area contributed by atoms with Crippen molar-refractivity contribution in [2.24, 2.45) is 0 Å². The molecule has 0 saturated carbocycles. The Morgan fingerprint density at radius 3 is 2.35 bits per heavy atom. The summed E-state index contributed by atoms with van der Waals surface area (Å²) in [5, 5.41) is 2.79. The second-order valence-electron chi connectivity index (χ2n) is 5.24. The quantitative estimate of drug-likeness (QED) is 0.778. The third-order valence-electron chi connectivity index (χ3n) is 3.55. The standard InChI is InChI=1S/C19H24N2O2/c1-3-8-16-11-13-18(14-12-16)23-15-20-19(22)21(4-2)17-9-6-5-7-10-17/h5-7,9-14H,3-4,8,15H2,1-2H3,(H,20,22). The third-order valence-corrected chi connectivity index (χ3v) is 3.55. The highest BCUT2D eigenvalue weighted by Crippen LogP contribution is 2.14. The predicted octanol–water partition coefficient (Wildman–Crippen LogP) is 4.21. The molecule has 0 radical (unpaired) electrons. The number of ether oxygens (including phenoxy) is 1. The summed E-state index contributed by atoms with van der Waals surface area (Å²) in [5.74, 6) is 0.757. The Hall–Kier alpha value is -2.49. The van der Waals surface area contributed by atoms with Gasteiger partial charge in [-0.15, -0.1) is 0 Å². The molecule has 4 nitrogen and oxygen atoms in total. The average molecular weight is 312 g/mol. The lowest BCUT2D eigenvalue weighted by atomic mass is 10.1. The number of para-hydroxylation sites is 1. The second kappa shape index (κ2) is 8.83. The molecule has 0 aliphatic carbocycles. The van der Waals surface area contributed by atoms with Crippen molar-refractivity contribution in [3.63, 3.8) is 0 Å². The summed E-state index contributed by atoms with van der Waals surface area (Å²) in [4.78, 5) is 13.9. The van der Waals surface area contributed by atoms with E-state index in [2.05, 4.69) is 24.4 Å². The number of hydrogen-bond donors (Lipinski definition) is 1. The van der Waals surface area contributed by atoms with Crippen LogP contribution in [0.4, 0.5) is 10.5 Å². The van der Waals surface area contributed by atoms with Crippen LogP contribution in [0.2, 0.25) is 0 Å². The van der Waals surface area contributed by atoms with Crippen LogP contribution in [0, 0.1) is 0 Å². The maximum absolute atomic E-state index is 12.2. The maximum Gasteiger partial charge on any atom is 0.324 e. The first-order chi connectivity index (χ1) is 11.2. The summed E-state index contributed by atoms with van der Waals surface area (Å²) in [6.07, 6.45) is 2.20. The van der Waals surface area contributed by atoms with Gasteiger partial charge in [-0.1, -0.05) is 43.7 Å². The molecular formula is C19H24N2O2. The Bertz CT molecular complexity index is 597. The number of aryl methyl sites for hydroxylation is 1. The van der Waals surface area contributed by atoms with Crippen molar-refractivity contribution in [1.82, 2.24) is 5.32 Å². The highest BCUT2D eigenvalue weighted by Gasteiger charge is 2.12. The molecule has 0 heterocycles. The molecule has 0 unspecified atom stereocenters. The van der Waals surface area contributed by atoms with Gasteiger partial charge in [-0.3, -0.25) is 4.90 Å². The summed E-state index contributed by atoms with van der Waals surface area (Å²) in [7, 11) is 0. The van der Waals surface area contributed by atoms with Gasteiger partial charge in [0.15, 0.2) is 6.73 Å². The van der Waals surface area contributed by atoms with E-state index >= 15 is 0 Å². The molecule has 122 valence electrons. The Morgan fingerprint density at radius 2 is 1.74 bits per heavy atom. The van der Waals surface area contributed by atoms with Gasteiger partial charge in [0.05, 0.1) is 0 Å². The van der Waals surface area contributed by atoms with Crippen molar-refractivity contribution in [2.75, 3.05) is 18.2 Å². The highest BCUT2D eigenvalue weighted by molar-refractivity contribution is 5.91. The normalized spacial score (nSPS) is 10.2. The molecule has 0 bridgehead atoms. The Morgan fingerprint density at radius 1 is 1.04 bits per heavy atom. The fraction of sp³-hybridized carbons (Fsp3) is 0.316. The van der Waals surface area contributed by atoms with Gasteiger partial charge in [0.1, 0.15) is 5.75 Å². The Balaban J connectivity index is 1.84. The van der Waals surface area contributed by atoms with Gasteiger partial charge in [0.25, 0.3) is 0 Å². The van der Waals surface area contributed by atoms with Crippen LogP contribution in [0.15, 0.2) is 54.6 Å². The summed E-state index contributed by atoms with van der Waals surface area (Å²) >= 11 is 0. The largest absolute Gasteiger partial charge is 0.473 e. The molecule has 2 rings (SSSR count). The number of nitrogens with one attached hydrogen (secondary N) is 1. The zero-order valence-corrected chi connectivity index (χ0v) is 13.8. The first kappa shape index (κ1) is 16.9. The molecule has 0 aliphatic rings. The minimum absolute atomic E-state index is 0.148. The van der Waals surface area contributed by atoms with Crippen LogP contribution in [0.5, 0.6) is 5.75 Å². The zero-order chi connectivity index (χ0) is 16.5. The van der Waals surface area contributed by atoms with Crippen molar-refractivity contribution in [3.8, 4) is 5.75 Å². The fourth-order valence-electron chi connectivity index (χ4n) is 2.37. The number of hydrogen-bond acceptors (Lipinski definition) is 2. The van der Waals surface area contributed by atoms with Crippen molar-refractivity contribution < 1.29 is 9.53 Å². The van der Waals surface area contributed by atoms with Crippen LogP contribution in [-0.4, -0.2) is 19.3 Å². The van der Waals surface area contributed by atoms with Crippen LogP contribution >= 0.6 is 0 Å². The Kier molecular flexibility index (Phi) is 6.48. The highest BCUT2D eigenvalue weighted by atomic mass is 16.5. The fourth-order valence-corrected chi connectivity index (χ4v) is 2.37. The van der Waals surface area contributed by atoms with E-state index in [4.69, 9.17) is 4.74 Å². The lowest BCUT2D eigenvalue weighted by molar-refractivity contribution is 0.229. The SMILES string of the molecule is CCCc1ccc(OCNC(=O)N(CC)c2ccccc2)cc1. The van der Waals surface area contributed by atoms with Crippen molar-refractivity contribution >= 4 is 11.7 Å². The number of anilines is 1. The van der Waals surface area contributed by atoms with E-state index < -0.39 is 0 Å². The van der Waals surface area contributed by atoms with Gasteiger partial charge in [0, 0.05) is 12.2 Å². The summed E-state index contributed by atoms with van der Waals surface area (Å²) in [5.41, 5.74) is 2.17. The molecule has 0 saturated heterocycles. The van der Waals surface area contributed by atoms with Crippen molar-refractivity contribution in [3.05, 3.63) is 60.2 Å². The molecule has 2 amide bonds. The van der Waals surface area contributed by atoms with Crippen LogP contribution in [0.3, 0.4) is 0 Å². The van der Waals surface area contributed by atoms with E-state index in [1.165, 1.54) is 5.56 Å². The number of carbonyl (C=O) groups is 1. The zero-order valence-electron chi connectivity index (χ0n) is 13.8. The van der Waals surface area contributed by atoms with Gasteiger partial charge in [-0.05, 0) is 43.2 Å². The molecule has 0 aliphatic heterocycles. The topological polar surface area (TPSA) is 41.6 Å². The van der Waals surface area contributed by atoms with E-state index in [1.54, 1.807) is 4.90 Å². The number of amides is 2. The van der Waals surface area contributed by atoms with E-state index in [9.17, 15) is 4.79 Å². The molecule has 0 spiro atoms. The number of nitrogens with zero attached hydrogens (tertiary/aromatic N) is 1. The number of rotatable bonds is 7. The minimum Gasteiger partial charge on any atom is -0.473 e. The summed E-state index contributed by atoms with van der Waals surface area (Å²) in [6.45, 7) is 4.85. The minimum atomic E-state index is -0.165. The Labute approximate surface area is 138 Å². The molecule has 1 N–H and O–H groups in total. The molecule has 23 heavy (non-hydrogen) atoms. The second-order valence-corrected chi connectivity index (χ2v) is 5.24. The van der Waals surface area contributed by atoms with E-state index in [-0.39, 0.29) is 12.8 Å². The van der Waals surface area contributed by atoms with E-state index in [0.717, 1.165) is 24.3 Å². The first-order valence-corrected chi connectivity index (χ1v) is 8.06. The smallest absolute Gasteiger partial charge is 0.324 e. The van der Waals surface area contributed by atoms with Crippen LogP contribution in [0.1, 0.15) is 25.8 Å². The van der Waals surface area contributed by atoms with E-state index in [0.29, 0.717) is 6.54 Å². The first-order valence-electron chi connectivity index (χ1n) is 8.06.